The van der Waals surface area contributed by atoms with Crippen molar-refractivity contribution < 1.29 is 14.7 Å². The maximum Gasteiger partial charge on any atom is 0.290 e. The Morgan fingerprint density at radius 1 is 1.42 bits per heavy atom. The van der Waals surface area contributed by atoms with Crippen LogP contribution in [-0.4, -0.2) is 33.2 Å². The van der Waals surface area contributed by atoms with Crippen molar-refractivity contribution >= 4 is 11.7 Å². The number of aromatic nitrogens is 1. The second-order valence-electron chi connectivity index (χ2n) is 6.38. The zero-order valence-electron chi connectivity index (χ0n) is 14.7. The van der Waals surface area contributed by atoms with Crippen molar-refractivity contribution in [1.82, 2.24) is 9.88 Å². The minimum atomic E-state index is -0.542. The highest BCUT2D eigenvalue weighted by molar-refractivity contribution is 6.08. The number of hydrogen-bond donors (Lipinski definition) is 1. The Morgan fingerprint density at radius 2 is 2.17 bits per heavy atom. The topological polar surface area (TPSA) is 70.5 Å². The number of aliphatic hydroxyl groups is 1. The van der Waals surface area contributed by atoms with Gasteiger partial charge in [-0.3, -0.25) is 14.6 Å². The van der Waals surface area contributed by atoms with Gasteiger partial charge in [-0.05, 0) is 30.9 Å². The van der Waals surface area contributed by atoms with Crippen LogP contribution in [0.5, 0.6) is 0 Å². The first-order chi connectivity index (χ1) is 11.5. The summed E-state index contributed by atoms with van der Waals surface area (Å²) in [4.78, 5) is 30.4. The summed E-state index contributed by atoms with van der Waals surface area (Å²) in [6.07, 6.45) is 7.51. The molecule has 5 heteroatoms. The lowest BCUT2D eigenvalue weighted by molar-refractivity contribution is -0.130. The zero-order valence-corrected chi connectivity index (χ0v) is 14.7. The number of ketones is 1. The molecule has 0 radical (unpaired) electrons. The van der Waals surface area contributed by atoms with Crippen molar-refractivity contribution in [2.75, 3.05) is 6.54 Å². The summed E-state index contributed by atoms with van der Waals surface area (Å²) in [6, 6.07) is 3.07. The predicted octanol–water partition coefficient (Wildman–Crippen LogP) is 3.58. The molecule has 0 spiro atoms. The third kappa shape index (κ3) is 3.66. The second kappa shape index (κ2) is 8.08. The molecule has 2 atom stereocenters. The lowest BCUT2D eigenvalue weighted by Gasteiger charge is -2.30. The van der Waals surface area contributed by atoms with Gasteiger partial charge in [0.1, 0.15) is 0 Å². The first-order valence-electron chi connectivity index (χ1n) is 8.66. The van der Waals surface area contributed by atoms with Gasteiger partial charge in [0.15, 0.2) is 11.5 Å². The molecule has 24 heavy (non-hydrogen) atoms. The van der Waals surface area contributed by atoms with Crippen LogP contribution in [0.2, 0.25) is 0 Å². The van der Waals surface area contributed by atoms with E-state index in [9.17, 15) is 14.7 Å². The Morgan fingerprint density at radius 3 is 2.71 bits per heavy atom. The molecule has 0 fully saturated rings. The van der Waals surface area contributed by atoms with E-state index < -0.39 is 17.7 Å². The molecule has 1 aliphatic rings. The Balaban J connectivity index is 2.35. The minimum Gasteiger partial charge on any atom is -0.503 e. The van der Waals surface area contributed by atoms with Gasteiger partial charge >= 0.3 is 0 Å². The summed E-state index contributed by atoms with van der Waals surface area (Å²) >= 11 is 0. The molecule has 0 bridgehead atoms. The van der Waals surface area contributed by atoms with Gasteiger partial charge < -0.3 is 10.0 Å². The molecule has 0 aromatic carbocycles. The fourth-order valence-corrected chi connectivity index (χ4v) is 3.28. The highest BCUT2D eigenvalue weighted by Gasteiger charge is 2.42. The Bertz CT molecular complexity index is 625. The number of amides is 1. The smallest absolute Gasteiger partial charge is 0.290 e. The van der Waals surface area contributed by atoms with Crippen molar-refractivity contribution in [3.8, 4) is 0 Å². The highest BCUT2D eigenvalue weighted by atomic mass is 16.3. The monoisotopic (exact) mass is 330 g/mol. The maximum atomic E-state index is 12.6. The van der Waals surface area contributed by atoms with Gasteiger partial charge in [0.05, 0.1) is 11.6 Å². The van der Waals surface area contributed by atoms with Gasteiger partial charge in [0, 0.05) is 18.9 Å². The van der Waals surface area contributed by atoms with Crippen LogP contribution in [0.4, 0.5) is 0 Å². The van der Waals surface area contributed by atoms with Gasteiger partial charge in [-0.2, -0.15) is 0 Å². The third-order valence-electron chi connectivity index (χ3n) is 4.68. The number of rotatable bonds is 8. The molecule has 2 rings (SSSR count). The Labute approximate surface area is 143 Å². The molecule has 1 amide bonds. The van der Waals surface area contributed by atoms with Crippen LogP contribution >= 0.6 is 0 Å². The van der Waals surface area contributed by atoms with Crippen LogP contribution in [0.1, 0.15) is 58.1 Å². The molecule has 0 saturated heterocycles. The highest BCUT2D eigenvalue weighted by Crippen LogP contribution is 2.38. The zero-order chi connectivity index (χ0) is 17.7. The molecule has 1 aromatic heterocycles. The summed E-state index contributed by atoms with van der Waals surface area (Å²) in [7, 11) is 0. The van der Waals surface area contributed by atoms with E-state index >= 15 is 0 Å². The molecule has 1 N–H and O–H groups in total. The van der Waals surface area contributed by atoms with Gasteiger partial charge in [-0.25, -0.2) is 0 Å². The summed E-state index contributed by atoms with van der Waals surface area (Å²) < 4.78 is 0. The number of unbranched alkanes of at least 4 members (excludes halogenated alkanes) is 1. The number of nitrogens with zero attached hydrogens (tertiary/aromatic N) is 2. The van der Waals surface area contributed by atoms with Crippen LogP contribution in [0, 0.1) is 5.92 Å². The van der Waals surface area contributed by atoms with Crippen molar-refractivity contribution in [2.45, 2.75) is 52.5 Å². The number of carbonyl (C=O) groups excluding carboxylic acids is 2. The van der Waals surface area contributed by atoms with Crippen molar-refractivity contribution in [3.05, 3.63) is 41.4 Å². The average molecular weight is 330 g/mol. The summed E-state index contributed by atoms with van der Waals surface area (Å²) in [6.45, 7) is 6.18. The molecule has 1 aliphatic heterocycles. The van der Waals surface area contributed by atoms with E-state index in [-0.39, 0.29) is 11.4 Å². The van der Waals surface area contributed by atoms with Gasteiger partial charge in [0.2, 0.25) is 0 Å². The molecule has 5 nitrogen and oxygen atoms in total. The predicted molar refractivity (Wildman–Crippen MR) is 92.3 cm³/mol. The third-order valence-corrected chi connectivity index (χ3v) is 4.68. The normalized spacial score (nSPS) is 19.0. The Hall–Kier alpha value is -2.17. The number of hydrogen-bond acceptors (Lipinski definition) is 4. The van der Waals surface area contributed by atoms with E-state index in [1.165, 1.54) is 6.92 Å². The molecule has 1 aromatic rings. The van der Waals surface area contributed by atoms with Gasteiger partial charge in [0.25, 0.3) is 5.91 Å². The standard InChI is InChI=1S/C19H26N2O3/c1-4-6-8-14(5-2)12-21-17(15-9-7-10-20-11-15)16(13(3)22)18(23)19(21)24/h7,9-11,14,17,23H,4-6,8,12H2,1-3H3/t14-,17+/m1/s1. The first-order valence-corrected chi connectivity index (χ1v) is 8.66. The molecule has 0 saturated carbocycles. The van der Waals surface area contributed by atoms with E-state index in [1.54, 1.807) is 23.4 Å². The molecule has 130 valence electrons. The first kappa shape index (κ1) is 18.2. The largest absolute Gasteiger partial charge is 0.503 e. The molecular formula is C19H26N2O3. The van der Waals surface area contributed by atoms with Crippen LogP contribution in [-0.2, 0) is 9.59 Å². The Kier molecular flexibility index (Phi) is 6.12. The van der Waals surface area contributed by atoms with E-state index in [1.807, 2.05) is 6.07 Å². The lowest BCUT2D eigenvalue weighted by Crippen LogP contribution is -2.35. The van der Waals surface area contributed by atoms with Crippen LogP contribution in [0.3, 0.4) is 0 Å². The number of pyridine rings is 1. The average Bonchev–Trinajstić information content (AvgIpc) is 2.84. The quantitative estimate of drug-likeness (QED) is 0.791. The van der Waals surface area contributed by atoms with Crippen LogP contribution < -0.4 is 0 Å². The molecule has 2 heterocycles. The number of aliphatic hydroxyl groups excluding tert-OH is 1. The van der Waals surface area contributed by atoms with E-state index in [2.05, 4.69) is 18.8 Å². The van der Waals surface area contributed by atoms with Gasteiger partial charge in [-0.1, -0.05) is 39.2 Å². The summed E-state index contributed by atoms with van der Waals surface area (Å²) in [5.41, 5.74) is 0.934. The molecule has 0 aliphatic carbocycles. The summed E-state index contributed by atoms with van der Waals surface area (Å²) in [5.74, 6) is -0.795. The fourth-order valence-electron chi connectivity index (χ4n) is 3.28. The summed E-state index contributed by atoms with van der Waals surface area (Å²) in [5, 5.41) is 10.2. The number of carbonyl (C=O) groups is 2. The van der Waals surface area contributed by atoms with Crippen molar-refractivity contribution in [3.63, 3.8) is 0 Å². The SMILES string of the molecule is CCCC[C@@H](CC)CN1C(=O)C(O)=C(C(C)=O)[C@@H]1c1cccnc1. The van der Waals surface area contributed by atoms with Crippen molar-refractivity contribution in [1.29, 1.82) is 0 Å². The van der Waals surface area contributed by atoms with E-state index in [0.717, 1.165) is 31.2 Å². The number of Topliss-reactive ketones (excluding diaryl/α,β-unsaturated/α-hetero) is 1. The second-order valence-corrected chi connectivity index (χ2v) is 6.38. The van der Waals surface area contributed by atoms with Crippen LogP contribution in [0.15, 0.2) is 35.9 Å². The maximum absolute atomic E-state index is 12.6. The molecule has 0 unspecified atom stereocenters. The van der Waals surface area contributed by atoms with E-state index in [4.69, 9.17) is 0 Å². The lowest BCUT2D eigenvalue weighted by atomic mass is 9.95. The fraction of sp³-hybridized carbons (Fsp3) is 0.526. The van der Waals surface area contributed by atoms with Gasteiger partial charge in [-0.15, -0.1) is 0 Å². The minimum absolute atomic E-state index is 0.179. The van der Waals surface area contributed by atoms with Crippen LogP contribution in [0.25, 0.3) is 0 Å². The molecular weight excluding hydrogens is 304 g/mol. The van der Waals surface area contributed by atoms with E-state index in [0.29, 0.717) is 12.5 Å². The van der Waals surface area contributed by atoms with Crippen molar-refractivity contribution in [2.24, 2.45) is 5.92 Å².